The van der Waals surface area contributed by atoms with Crippen LogP contribution < -0.4 is 10.1 Å². The molecule has 5 nitrogen and oxygen atoms in total. The Hall–Kier alpha value is -2.47. The monoisotopic (exact) mass is 456 g/mol. The van der Waals surface area contributed by atoms with Crippen molar-refractivity contribution in [3.63, 3.8) is 0 Å². The van der Waals surface area contributed by atoms with Crippen LogP contribution in [0.1, 0.15) is 50.8 Å². The minimum absolute atomic E-state index is 0.0395. The van der Waals surface area contributed by atoms with E-state index in [-0.39, 0.29) is 17.4 Å². The van der Waals surface area contributed by atoms with E-state index in [4.69, 9.17) is 4.74 Å². The maximum absolute atomic E-state index is 13.3. The van der Waals surface area contributed by atoms with E-state index in [0.29, 0.717) is 18.7 Å². The lowest BCUT2D eigenvalue weighted by molar-refractivity contribution is -0.140. The zero-order valence-corrected chi connectivity index (χ0v) is 20.9. The molecule has 0 aromatic heterocycles. The number of hydrogen-bond donors (Lipinski definition) is 1. The fraction of sp³-hybridized carbons (Fsp3) is 0.462. The standard InChI is InChI=1S/C26H36N2O3S/c1-7-23(25(30)27-26(3,4)5)28(16-20-12-10-14-22(15-20)31-6)24(29)18-32-17-21-13-9-8-11-19(21)2/h8-15,23H,7,16-18H2,1-6H3,(H,27,30). The zero-order valence-electron chi connectivity index (χ0n) is 20.1. The van der Waals surface area contributed by atoms with Gasteiger partial charge in [0.2, 0.25) is 11.8 Å². The number of aryl methyl sites for hydroxylation is 1. The maximum atomic E-state index is 13.3. The summed E-state index contributed by atoms with van der Waals surface area (Å²) in [6.45, 7) is 10.2. The van der Waals surface area contributed by atoms with E-state index in [0.717, 1.165) is 17.1 Å². The Morgan fingerprint density at radius 3 is 2.47 bits per heavy atom. The fourth-order valence-corrected chi connectivity index (χ4v) is 4.43. The first-order valence-electron chi connectivity index (χ1n) is 11.0. The predicted octanol–water partition coefficient (Wildman–Crippen LogP) is 4.96. The number of carbonyl (C=O) groups is 2. The quantitative estimate of drug-likeness (QED) is 0.549. The van der Waals surface area contributed by atoms with Gasteiger partial charge in [0.15, 0.2) is 0 Å². The van der Waals surface area contributed by atoms with Crippen molar-refractivity contribution in [1.82, 2.24) is 10.2 Å². The van der Waals surface area contributed by atoms with Crippen molar-refractivity contribution in [1.29, 1.82) is 0 Å². The summed E-state index contributed by atoms with van der Waals surface area (Å²) < 4.78 is 5.34. The van der Waals surface area contributed by atoms with Crippen LogP contribution in [0.25, 0.3) is 0 Å². The van der Waals surface area contributed by atoms with Crippen molar-refractivity contribution < 1.29 is 14.3 Å². The largest absolute Gasteiger partial charge is 0.497 e. The van der Waals surface area contributed by atoms with Gasteiger partial charge in [-0.05, 0) is 62.9 Å². The summed E-state index contributed by atoms with van der Waals surface area (Å²) in [5.41, 5.74) is 3.01. The van der Waals surface area contributed by atoms with Gasteiger partial charge < -0.3 is 15.0 Å². The molecule has 2 rings (SSSR count). The summed E-state index contributed by atoms with van der Waals surface area (Å²) in [5, 5.41) is 3.04. The van der Waals surface area contributed by atoms with Crippen molar-refractivity contribution >= 4 is 23.6 Å². The molecule has 0 radical (unpaired) electrons. The Morgan fingerprint density at radius 1 is 1.12 bits per heavy atom. The molecular formula is C26H36N2O3S. The lowest BCUT2D eigenvalue weighted by Gasteiger charge is -2.33. The number of benzene rings is 2. The third kappa shape index (κ3) is 7.90. The van der Waals surface area contributed by atoms with E-state index in [9.17, 15) is 9.59 Å². The van der Waals surface area contributed by atoms with Gasteiger partial charge >= 0.3 is 0 Å². The molecule has 0 saturated heterocycles. The van der Waals surface area contributed by atoms with Gasteiger partial charge in [-0.25, -0.2) is 0 Å². The van der Waals surface area contributed by atoms with Crippen LogP contribution in [-0.4, -0.2) is 41.2 Å². The normalized spacial score (nSPS) is 12.2. The predicted molar refractivity (Wildman–Crippen MR) is 133 cm³/mol. The molecule has 1 N–H and O–H groups in total. The Morgan fingerprint density at radius 2 is 1.84 bits per heavy atom. The summed E-state index contributed by atoms with van der Waals surface area (Å²) in [7, 11) is 1.62. The zero-order chi connectivity index (χ0) is 23.7. The molecule has 2 amide bonds. The minimum atomic E-state index is -0.535. The van der Waals surface area contributed by atoms with Gasteiger partial charge in [0, 0.05) is 17.8 Å². The average Bonchev–Trinajstić information content (AvgIpc) is 2.73. The molecular weight excluding hydrogens is 420 g/mol. The molecule has 2 aromatic rings. The van der Waals surface area contributed by atoms with Crippen LogP contribution in [0.4, 0.5) is 0 Å². The molecule has 0 aliphatic rings. The number of thioether (sulfide) groups is 1. The van der Waals surface area contributed by atoms with E-state index in [1.54, 1.807) is 23.8 Å². The van der Waals surface area contributed by atoms with Gasteiger partial charge in [0.1, 0.15) is 11.8 Å². The smallest absolute Gasteiger partial charge is 0.243 e. The first-order chi connectivity index (χ1) is 15.1. The van der Waals surface area contributed by atoms with Crippen LogP contribution in [0.3, 0.4) is 0 Å². The van der Waals surface area contributed by atoms with Crippen LogP contribution in [0, 0.1) is 6.92 Å². The summed E-state index contributed by atoms with van der Waals surface area (Å²) in [4.78, 5) is 28.1. The second kappa shape index (κ2) is 12.0. The molecule has 6 heteroatoms. The Labute approximate surface area is 196 Å². The van der Waals surface area contributed by atoms with Gasteiger partial charge in [-0.3, -0.25) is 9.59 Å². The number of rotatable bonds is 10. The van der Waals surface area contributed by atoms with Crippen molar-refractivity contribution in [2.75, 3.05) is 12.9 Å². The SMILES string of the molecule is CCC(C(=O)NC(C)(C)C)N(Cc1cccc(OC)c1)C(=O)CSCc1ccccc1C. The number of hydrogen-bond acceptors (Lipinski definition) is 4. The molecule has 1 unspecified atom stereocenters. The summed E-state index contributed by atoms with van der Waals surface area (Å²) >= 11 is 1.58. The minimum Gasteiger partial charge on any atom is -0.497 e. The highest BCUT2D eigenvalue weighted by Crippen LogP contribution is 2.21. The molecule has 0 aliphatic heterocycles. The van der Waals surface area contributed by atoms with Gasteiger partial charge in [0.25, 0.3) is 0 Å². The summed E-state index contributed by atoms with van der Waals surface area (Å²) in [5.74, 6) is 1.65. The number of methoxy groups -OCH3 is 1. The van der Waals surface area contributed by atoms with Gasteiger partial charge in [-0.2, -0.15) is 0 Å². The molecule has 0 heterocycles. The molecule has 0 bridgehead atoms. The summed E-state index contributed by atoms with van der Waals surface area (Å²) in [6, 6.07) is 15.3. The molecule has 0 saturated carbocycles. The van der Waals surface area contributed by atoms with E-state index < -0.39 is 6.04 Å². The van der Waals surface area contributed by atoms with Crippen molar-refractivity contribution in [3.8, 4) is 5.75 Å². The van der Waals surface area contributed by atoms with E-state index >= 15 is 0 Å². The van der Waals surface area contributed by atoms with Crippen molar-refractivity contribution in [3.05, 3.63) is 65.2 Å². The number of ether oxygens (including phenoxy) is 1. The molecule has 174 valence electrons. The highest BCUT2D eigenvalue weighted by molar-refractivity contribution is 7.99. The molecule has 0 fully saturated rings. The number of amides is 2. The number of nitrogens with one attached hydrogen (secondary N) is 1. The van der Waals surface area contributed by atoms with Gasteiger partial charge in [-0.15, -0.1) is 11.8 Å². The van der Waals surface area contributed by atoms with Crippen LogP contribution >= 0.6 is 11.8 Å². The van der Waals surface area contributed by atoms with Crippen molar-refractivity contribution in [2.24, 2.45) is 0 Å². The third-order valence-corrected chi connectivity index (χ3v) is 6.08. The first kappa shape index (κ1) is 25.8. The summed E-state index contributed by atoms with van der Waals surface area (Å²) in [6.07, 6.45) is 0.542. The van der Waals surface area contributed by atoms with E-state index in [1.165, 1.54) is 11.1 Å². The van der Waals surface area contributed by atoms with E-state index in [1.807, 2.05) is 64.1 Å². The number of nitrogens with zero attached hydrogens (tertiary/aromatic N) is 1. The van der Waals surface area contributed by atoms with Crippen molar-refractivity contribution in [2.45, 2.75) is 64.9 Å². The number of carbonyl (C=O) groups excluding carboxylic acids is 2. The van der Waals surface area contributed by atoms with Gasteiger partial charge in [-0.1, -0.05) is 43.3 Å². The van der Waals surface area contributed by atoms with Crippen LogP contribution in [0.5, 0.6) is 5.75 Å². The molecule has 1 atom stereocenters. The molecule has 2 aromatic carbocycles. The van der Waals surface area contributed by atoms with E-state index in [2.05, 4.69) is 24.4 Å². The second-order valence-corrected chi connectivity index (χ2v) is 9.94. The second-order valence-electron chi connectivity index (χ2n) is 8.96. The highest BCUT2D eigenvalue weighted by Gasteiger charge is 2.30. The topological polar surface area (TPSA) is 58.6 Å². The average molecular weight is 457 g/mol. The third-order valence-electron chi connectivity index (χ3n) is 5.12. The Kier molecular flexibility index (Phi) is 9.63. The lowest BCUT2D eigenvalue weighted by Crippen LogP contribution is -2.53. The van der Waals surface area contributed by atoms with Crippen LogP contribution in [0.15, 0.2) is 48.5 Å². The fourth-order valence-electron chi connectivity index (χ4n) is 3.44. The van der Waals surface area contributed by atoms with Crippen LogP contribution in [-0.2, 0) is 21.9 Å². The Bertz CT molecular complexity index is 908. The van der Waals surface area contributed by atoms with Crippen LogP contribution in [0.2, 0.25) is 0 Å². The van der Waals surface area contributed by atoms with Gasteiger partial charge in [0.05, 0.1) is 12.9 Å². The first-order valence-corrected chi connectivity index (χ1v) is 12.2. The molecule has 0 spiro atoms. The lowest BCUT2D eigenvalue weighted by atomic mass is 10.1. The maximum Gasteiger partial charge on any atom is 0.243 e. The molecule has 32 heavy (non-hydrogen) atoms. The molecule has 0 aliphatic carbocycles. The highest BCUT2D eigenvalue weighted by atomic mass is 32.2. The Balaban J connectivity index is 2.19.